The predicted octanol–water partition coefficient (Wildman–Crippen LogP) is 3.95. The highest BCUT2D eigenvalue weighted by molar-refractivity contribution is 5.83. The van der Waals surface area contributed by atoms with E-state index in [9.17, 15) is 28.8 Å². The summed E-state index contributed by atoms with van der Waals surface area (Å²) in [5.41, 5.74) is -0.641. The summed E-state index contributed by atoms with van der Waals surface area (Å²) < 4.78 is 57.4. The molecule has 0 spiro atoms. The first-order valence-electron chi connectivity index (χ1n) is 22.2. The van der Waals surface area contributed by atoms with E-state index in [4.69, 9.17) is 52.5 Å². The first-order valence-corrected chi connectivity index (χ1v) is 22.2. The monoisotopic (exact) mass is 952 g/mol. The van der Waals surface area contributed by atoms with Gasteiger partial charge in [0.2, 0.25) is 11.8 Å². The molecule has 0 aliphatic carbocycles. The van der Waals surface area contributed by atoms with E-state index < -0.39 is 84.3 Å². The molecular weight excluding hydrogens is 889 g/mol. The molecular formula is C49H64N2O17. The van der Waals surface area contributed by atoms with Crippen LogP contribution in [-0.2, 0) is 72.3 Å². The lowest BCUT2D eigenvalue weighted by molar-refractivity contribution is -0.264. The molecule has 1 heterocycles. The number of benzene rings is 3. The molecule has 1 aliphatic rings. The van der Waals surface area contributed by atoms with E-state index in [0.717, 1.165) is 5.56 Å². The summed E-state index contributed by atoms with van der Waals surface area (Å²) in [5, 5.41) is 14.8. The highest BCUT2D eigenvalue weighted by Crippen LogP contribution is 2.43. The largest absolute Gasteiger partial charge is 0.497 e. The highest BCUT2D eigenvalue weighted by Gasteiger charge is 2.47. The molecule has 6 unspecified atom stereocenters. The van der Waals surface area contributed by atoms with Crippen LogP contribution in [0, 0.1) is 11.3 Å². The average Bonchev–Trinajstić information content (AvgIpc) is 3.32. The first-order chi connectivity index (χ1) is 32.5. The average molecular weight is 953 g/mol. The van der Waals surface area contributed by atoms with Gasteiger partial charge in [-0.3, -0.25) is 28.8 Å². The second-order valence-electron chi connectivity index (χ2n) is 16.3. The maximum Gasteiger partial charge on any atom is 0.306 e. The van der Waals surface area contributed by atoms with E-state index in [1.54, 1.807) is 52.3 Å². The number of amides is 2. The number of rotatable bonds is 28. The van der Waals surface area contributed by atoms with Gasteiger partial charge in [0.15, 0.2) is 6.29 Å². The van der Waals surface area contributed by atoms with Crippen molar-refractivity contribution in [2.45, 2.75) is 77.6 Å². The van der Waals surface area contributed by atoms with E-state index in [1.165, 1.54) is 20.8 Å². The fourth-order valence-corrected chi connectivity index (χ4v) is 7.44. The predicted molar refractivity (Wildman–Crippen MR) is 242 cm³/mol. The number of esters is 3. The number of carbonyl (C=O) groups excluding carboxylic acids is 5. The maximum absolute atomic E-state index is 14.1. The van der Waals surface area contributed by atoms with Gasteiger partial charge in [-0.2, -0.15) is 0 Å². The van der Waals surface area contributed by atoms with E-state index in [2.05, 4.69) is 10.6 Å². The lowest BCUT2D eigenvalue weighted by Crippen LogP contribution is -2.62. The number of carboxylic acids is 1. The number of nitrogens with one attached hydrogen (secondary N) is 2. The smallest absolute Gasteiger partial charge is 0.306 e. The Morgan fingerprint density at radius 2 is 1.28 bits per heavy atom. The van der Waals surface area contributed by atoms with Crippen LogP contribution in [0.5, 0.6) is 11.5 Å². The van der Waals surface area contributed by atoms with E-state index in [1.807, 2.05) is 54.6 Å². The molecule has 3 aromatic rings. The summed E-state index contributed by atoms with van der Waals surface area (Å²) in [6.45, 7) is 6.93. The standard InChI is InChI=1S/C49H64N2O17/c1-32-44(51-33(2)52)46(68-41(29-64-34(3)53)45(32)67-35(4)54)63-28-27-62-26-25-61-24-23-50-47(58)48(5,30-65-43(57)22-21-42(55)56)31-66-49(36-11-9-8-10-12-36,37-13-17-39(59-6)18-14-37)38-15-19-40(60-7)20-16-38/h8-20,32,41,44-46H,21-31H2,1-7H3,(H,50,58)(H,51,52)(H,55,56). The second-order valence-corrected chi connectivity index (χ2v) is 16.3. The summed E-state index contributed by atoms with van der Waals surface area (Å²) in [5.74, 6) is -3.16. The maximum atomic E-state index is 14.1. The molecule has 19 heteroatoms. The Labute approximate surface area is 396 Å². The molecule has 6 atom stereocenters. The Morgan fingerprint density at radius 1 is 0.706 bits per heavy atom. The van der Waals surface area contributed by atoms with E-state index in [-0.39, 0.29) is 65.1 Å². The summed E-state index contributed by atoms with van der Waals surface area (Å²) in [4.78, 5) is 73.5. The van der Waals surface area contributed by atoms with Crippen molar-refractivity contribution in [3.63, 3.8) is 0 Å². The van der Waals surface area contributed by atoms with E-state index >= 15 is 0 Å². The number of ether oxygens (including phenoxy) is 10. The molecule has 0 saturated carbocycles. The summed E-state index contributed by atoms with van der Waals surface area (Å²) >= 11 is 0. The Kier molecular flexibility index (Phi) is 21.7. The van der Waals surface area contributed by atoms with Crippen molar-refractivity contribution < 1.29 is 81.2 Å². The normalized spacial score (nSPS) is 18.8. The van der Waals surface area contributed by atoms with Crippen molar-refractivity contribution >= 4 is 35.7 Å². The zero-order chi connectivity index (χ0) is 49.7. The van der Waals surface area contributed by atoms with Gasteiger partial charge in [0.25, 0.3) is 0 Å². The number of hydrogen-bond donors (Lipinski definition) is 3. The van der Waals surface area contributed by atoms with Crippen LogP contribution in [0.4, 0.5) is 0 Å². The van der Waals surface area contributed by atoms with Crippen LogP contribution in [0.3, 0.4) is 0 Å². The molecule has 0 bridgehead atoms. The van der Waals surface area contributed by atoms with Crippen molar-refractivity contribution in [1.82, 2.24) is 10.6 Å². The SMILES string of the molecule is COc1ccc(C(OCC(C)(COC(=O)CCC(=O)O)C(=O)NCCOCCOCCOC2OC(COC(C)=O)C(OC(C)=O)C(C)C2NC(C)=O)(c2ccccc2)c2ccc(OC)cc2)cc1. The summed E-state index contributed by atoms with van der Waals surface area (Å²) in [6.07, 6.45) is -3.49. The molecule has 0 radical (unpaired) electrons. The highest BCUT2D eigenvalue weighted by atomic mass is 16.7. The minimum atomic E-state index is -1.50. The second kappa shape index (κ2) is 27.0. The van der Waals surface area contributed by atoms with Crippen LogP contribution < -0.4 is 20.1 Å². The zero-order valence-electron chi connectivity index (χ0n) is 39.6. The van der Waals surface area contributed by atoms with Gasteiger partial charge in [0.1, 0.15) is 47.9 Å². The molecule has 2 amide bonds. The van der Waals surface area contributed by atoms with Gasteiger partial charge in [-0.15, -0.1) is 0 Å². The van der Waals surface area contributed by atoms with Gasteiger partial charge in [0, 0.05) is 33.2 Å². The molecule has 1 aliphatic heterocycles. The molecule has 372 valence electrons. The van der Waals surface area contributed by atoms with Gasteiger partial charge in [0.05, 0.1) is 72.7 Å². The fourth-order valence-electron chi connectivity index (χ4n) is 7.44. The van der Waals surface area contributed by atoms with Gasteiger partial charge >= 0.3 is 23.9 Å². The third-order valence-corrected chi connectivity index (χ3v) is 11.0. The Bertz CT molecular complexity index is 2030. The lowest BCUT2D eigenvalue weighted by Gasteiger charge is -2.44. The minimum Gasteiger partial charge on any atom is -0.497 e. The molecule has 0 aromatic heterocycles. The quantitative estimate of drug-likeness (QED) is 0.0404. The topological polar surface area (TPSA) is 239 Å². The molecule has 1 saturated heterocycles. The van der Waals surface area contributed by atoms with Crippen molar-refractivity contribution in [3.8, 4) is 11.5 Å². The number of methoxy groups -OCH3 is 2. The molecule has 4 rings (SSSR count). The molecule has 3 aromatic carbocycles. The van der Waals surface area contributed by atoms with Crippen LogP contribution >= 0.6 is 0 Å². The Morgan fingerprint density at radius 3 is 1.82 bits per heavy atom. The zero-order valence-corrected chi connectivity index (χ0v) is 39.6. The number of carboxylic acid groups (broad SMARTS) is 1. The van der Waals surface area contributed by atoms with Gasteiger partial charge < -0.3 is 63.1 Å². The Balaban J connectivity index is 1.39. The van der Waals surface area contributed by atoms with Gasteiger partial charge in [-0.25, -0.2) is 0 Å². The fraction of sp³-hybridized carbons (Fsp3) is 0.510. The number of hydrogen-bond acceptors (Lipinski definition) is 16. The van der Waals surface area contributed by atoms with Crippen molar-refractivity contribution in [3.05, 3.63) is 95.6 Å². The molecule has 68 heavy (non-hydrogen) atoms. The van der Waals surface area contributed by atoms with Gasteiger partial charge in [-0.05, 0) is 47.9 Å². The van der Waals surface area contributed by atoms with Crippen LogP contribution in [0.15, 0.2) is 78.9 Å². The molecule has 1 fully saturated rings. The van der Waals surface area contributed by atoms with Crippen molar-refractivity contribution in [1.29, 1.82) is 0 Å². The first kappa shape index (κ1) is 54.5. The number of aliphatic carboxylic acids is 1. The third kappa shape index (κ3) is 16.0. The lowest BCUT2D eigenvalue weighted by atomic mass is 9.79. The van der Waals surface area contributed by atoms with Gasteiger partial charge in [-0.1, -0.05) is 61.5 Å². The van der Waals surface area contributed by atoms with Crippen LogP contribution in [0.25, 0.3) is 0 Å². The van der Waals surface area contributed by atoms with Crippen LogP contribution in [-0.4, -0.2) is 139 Å². The molecule has 19 nitrogen and oxygen atoms in total. The van der Waals surface area contributed by atoms with E-state index in [0.29, 0.717) is 22.6 Å². The molecule has 3 N–H and O–H groups in total. The minimum absolute atomic E-state index is 0.0477. The Hall–Kier alpha value is -6.12. The van der Waals surface area contributed by atoms with Crippen LogP contribution in [0.1, 0.15) is 64.2 Å². The van der Waals surface area contributed by atoms with Crippen molar-refractivity contribution in [2.24, 2.45) is 11.3 Å². The van der Waals surface area contributed by atoms with Crippen molar-refractivity contribution in [2.75, 3.05) is 73.6 Å². The number of carbonyl (C=O) groups is 6. The third-order valence-electron chi connectivity index (χ3n) is 11.0. The summed E-state index contributed by atoms with van der Waals surface area (Å²) in [6, 6.07) is 23.5. The summed E-state index contributed by atoms with van der Waals surface area (Å²) in [7, 11) is 3.13. The van der Waals surface area contributed by atoms with Crippen LogP contribution in [0.2, 0.25) is 0 Å².